The summed E-state index contributed by atoms with van der Waals surface area (Å²) in [4.78, 5) is 40.7. The van der Waals surface area contributed by atoms with Crippen LogP contribution in [0.1, 0.15) is 40.8 Å². The molecule has 1 N–H and O–H groups in total. The Morgan fingerprint density at radius 3 is 2.72 bits per heavy atom. The van der Waals surface area contributed by atoms with Crippen molar-refractivity contribution in [2.24, 2.45) is 0 Å². The van der Waals surface area contributed by atoms with E-state index < -0.39 is 0 Å². The van der Waals surface area contributed by atoms with E-state index in [0.717, 1.165) is 41.1 Å². The summed E-state index contributed by atoms with van der Waals surface area (Å²) in [5, 5.41) is 2.79. The molecule has 0 spiro atoms. The molecule has 182 valence electrons. The Balaban J connectivity index is 1.48. The summed E-state index contributed by atoms with van der Waals surface area (Å²) < 4.78 is 7.20. The van der Waals surface area contributed by atoms with E-state index in [1.54, 1.807) is 43.8 Å². The van der Waals surface area contributed by atoms with Crippen molar-refractivity contribution in [1.29, 1.82) is 0 Å². The van der Waals surface area contributed by atoms with E-state index in [4.69, 9.17) is 9.72 Å². The Kier molecular flexibility index (Phi) is 6.20. The van der Waals surface area contributed by atoms with E-state index in [1.165, 1.54) is 6.08 Å². The third kappa shape index (κ3) is 4.19. The van der Waals surface area contributed by atoms with Gasteiger partial charge in [0, 0.05) is 42.3 Å². The highest BCUT2D eigenvalue weighted by atomic mass is 16.5. The van der Waals surface area contributed by atoms with Crippen LogP contribution in [-0.4, -0.2) is 49.7 Å². The molecule has 3 aromatic heterocycles. The van der Waals surface area contributed by atoms with Crippen LogP contribution in [0.5, 0.6) is 5.75 Å². The van der Waals surface area contributed by atoms with Crippen molar-refractivity contribution in [2.45, 2.75) is 25.8 Å². The number of aryl methyl sites for hydroxylation is 1. The van der Waals surface area contributed by atoms with Gasteiger partial charge < -0.3 is 15.0 Å². The summed E-state index contributed by atoms with van der Waals surface area (Å²) in [7, 11) is 1.56. The first-order chi connectivity index (χ1) is 17.5. The maximum Gasteiger partial charge on any atom is 0.256 e. The zero-order valence-corrected chi connectivity index (χ0v) is 20.1. The maximum absolute atomic E-state index is 12.8. The van der Waals surface area contributed by atoms with Crippen LogP contribution in [-0.2, 0) is 4.79 Å². The molecule has 9 nitrogen and oxygen atoms in total. The van der Waals surface area contributed by atoms with Crippen molar-refractivity contribution >= 4 is 23.1 Å². The number of methoxy groups -OCH3 is 1. The van der Waals surface area contributed by atoms with Crippen molar-refractivity contribution in [3.05, 3.63) is 84.7 Å². The van der Waals surface area contributed by atoms with Gasteiger partial charge in [0.05, 0.1) is 30.1 Å². The lowest BCUT2D eigenvalue weighted by Gasteiger charge is -2.22. The van der Waals surface area contributed by atoms with Crippen LogP contribution >= 0.6 is 0 Å². The van der Waals surface area contributed by atoms with Gasteiger partial charge in [-0.05, 0) is 44.0 Å². The summed E-state index contributed by atoms with van der Waals surface area (Å²) in [6.45, 7) is 6.26. The van der Waals surface area contributed by atoms with Crippen LogP contribution in [0.2, 0.25) is 0 Å². The third-order valence-corrected chi connectivity index (χ3v) is 6.40. The topological polar surface area (TPSA) is 102 Å². The average molecular weight is 483 g/mol. The van der Waals surface area contributed by atoms with E-state index in [1.807, 2.05) is 34.6 Å². The van der Waals surface area contributed by atoms with Gasteiger partial charge in [0.15, 0.2) is 0 Å². The minimum absolute atomic E-state index is 0.0949. The number of hydrogen-bond donors (Lipinski definition) is 1. The molecule has 0 saturated carbocycles. The predicted octanol–water partition coefficient (Wildman–Crippen LogP) is 4.21. The molecule has 1 fully saturated rings. The lowest BCUT2D eigenvalue weighted by atomic mass is 10.1. The van der Waals surface area contributed by atoms with Gasteiger partial charge in [0.25, 0.3) is 5.91 Å². The number of nitrogens with one attached hydrogen (secondary N) is 1. The SMILES string of the molecule is C=CC(=O)N1CCCC1c1nc(-c2ccc(C(=O)Nc3cc(OC)ccn3)cc2)c2c(C)nccn12. The van der Waals surface area contributed by atoms with Crippen LogP contribution in [0.15, 0.2) is 67.6 Å². The summed E-state index contributed by atoms with van der Waals surface area (Å²) in [5.74, 6) is 1.44. The van der Waals surface area contributed by atoms with E-state index in [2.05, 4.69) is 21.9 Å². The number of pyridine rings is 1. The predicted molar refractivity (Wildman–Crippen MR) is 136 cm³/mol. The number of benzene rings is 1. The fourth-order valence-electron chi connectivity index (χ4n) is 4.65. The maximum atomic E-state index is 12.8. The summed E-state index contributed by atoms with van der Waals surface area (Å²) >= 11 is 0. The van der Waals surface area contributed by atoms with Crippen molar-refractivity contribution < 1.29 is 14.3 Å². The number of carbonyl (C=O) groups excluding carboxylic acids is 2. The number of carbonyl (C=O) groups is 2. The molecule has 2 amide bonds. The normalized spacial score (nSPS) is 15.2. The molecule has 1 unspecified atom stereocenters. The molecule has 1 aliphatic rings. The van der Waals surface area contributed by atoms with Crippen molar-refractivity contribution in [3.8, 4) is 17.0 Å². The van der Waals surface area contributed by atoms with E-state index in [-0.39, 0.29) is 17.9 Å². The minimum atomic E-state index is -0.278. The summed E-state index contributed by atoms with van der Waals surface area (Å²) in [6, 6.07) is 10.5. The number of likely N-dealkylation sites (tertiary alicyclic amines) is 1. The number of fused-ring (bicyclic) bond motifs is 1. The molecule has 1 aliphatic heterocycles. The first-order valence-corrected chi connectivity index (χ1v) is 11.7. The Morgan fingerprint density at radius 1 is 1.17 bits per heavy atom. The van der Waals surface area contributed by atoms with Crippen LogP contribution in [0.3, 0.4) is 0 Å². The fourth-order valence-corrected chi connectivity index (χ4v) is 4.65. The molecule has 36 heavy (non-hydrogen) atoms. The molecule has 5 rings (SSSR count). The Labute approximate surface area is 208 Å². The lowest BCUT2D eigenvalue weighted by Crippen LogP contribution is -2.29. The summed E-state index contributed by atoms with van der Waals surface area (Å²) in [5.41, 5.74) is 3.81. The van der Waals surface area contributed by atoms with Gasteiger partial charge in [-0.2, -0.15) is 0 Å². The third-order valence-electron chi connectivity index (χ3n) is 6.40. The molecule has 0 aliphatic carbocycles. The molecule has 0 radical (unpaired) electrons. The first-order valence-electron chi connectivity index (χ1n) is 11.7. The van der Waals surface area contributed by atoms with E-state index >= 15 is 0 Å². The summed E-state index contributed by atoms with van der Waals surface area (Å²) in [6.07, 6.45) is 8.29. The van der Waals surface area contributed by atoms with Crippen LogP contribution < -0.4 is 10.1 Å². The van der Waals surface area contributed by atoms with Crippen LogP contribution in [0.25, 0.3) is 16.8 Å². The molecule has 9 heteroatoms. The van der Waals surface area contributed by atoms with Crippen molar-refractivity contribution in [1.82, 2.24) is 24.3 Å². The monoisotopic (exact) mass is 482 g/mol. The van der Waals surface area contributed by atoms with E-state index in [0.29, 0.717) is 23.7 Å². The number of imidazole rings is 1. The second-order valence-electron chi connectivity index (χ2n) is 8.56. The van der Waals surface area contributed by atoms with Crippen LogP contribution in [0.4, 0.5) is 5.82 Å². The Bertz CT molecular complexity index is 1460. The average Bonchev–Trinajstić information content (AvgIpc) is 3.54. The second kappa shape index (κ2) is 9.61. The number of amides is 2. The second-order valence-corrected chi connectivity index (χ2v) is 8.56. The molecule has 1 aromatic carbocycles. The van der Waals surface area contributed by atoms with Gasteiger partial charge >= 0.3 is 0 Å². The lowest BCUT2D eigenvalue weighted by molar-refractivity contribution is -0.127. The molecule has 4 heterocycles. The number of hydrogen-bond acceptors (Lipinski definition) is 6. The van der Waals surface area contributed by atoms with Gasteiger partial charge in [0.1, 0.15) is 17.4 Å². The van der Waals surface area contributed by atoms with Gasteiger partial charge in [-0.3, -0.25) is 19.0 Å². The molecule has 1 saturated heterocycles. The Hall–Kier alpha value is -4.53. The quantitative estimate of drug-likeness (QED) is 0.413. The number of rotatable bonds is 6. The molecule has 1 atom stereocenters. The standard InChI is InChI=1S/C27H26N6O3/c1-4-23(34)32-14-5-6-21(32)26-31-24(25-17(2)28-13-15-33(25)26)18-7-9-19(10-8-18)27(35)30-22-16-20(36-3)11-12-29-22/h4,7-13,15-16,21H,1,5-6,14H2,2-3H3,(H,29,30,35). The highest BCUT2D eigenvalue weighted by molar-refractivity contribution is 6.04. The molecule has 4 aromatic rings. The number of anilines is 1. The zero-order valence-electron chi connectivity index (χ0n) is 20.1. The van der Waals surface area contributed by atoms with Gasteiger partial charge in [0.2, 0.25) is 5.91 Å². The number of nitrogens with zero attached hydrogens (tertiary/aromatic N) is 5. The van der Waals surface area contributed by atoms with Crippen molar-refractivity contribution in [3.63, 3.8) is 0 Å². The first kappa shape index (κ1) is 23.2. The van der Waals surface area contributed by atoms with Gasteiger partial charge in [-0.1, -0.05) is 18.7 Å². The van der Waals surface area contributed by atoms with Crippen molar-refractivity contribution in [2.75, 3.05) is 19.0 Å². The fraction of sp³-hybridized carbons (Fsp3) is 0.222. The molecular formula is C27H26N6O3. The molecular weight excluding hydrogens is 456 g/mol. The smallest absolute Gasteiger partial charge is 0.256 e. The van der Waals surface area contributed by atoms with Gasteiger partial charge in [-0.25, -0.2) is 9.97 Å². The number of ether oxygens (including phenoxy) is 1. The largest absolute Gasteiger partial charge is 0.497 e. The number of aromatic nitrogens is 4. The minimum Gasteiger partial charge on any atom is -0.497 e. The van der Waals surface area contributed by atoms with E-state index in [9.17, 15) is 9.59 Å². The molecule has 0 bridgehead atoms. The zero-order chi connectivity index (χ0) is 25.2. The highest BCUT2D eigenvalue weighted by Gasteiger charge is 2.33. The highest BCUT2D eigenvalue weighted by Crippen LogP contribution is 2.36. The Morgan fingerprint density at radius 2 is 1.97 bits per heavy atom. The van der Waals surface area contributed by atoms with Gasteiger partial charge in [-0.15, -0.1) is 0 Å². The van der Waals surface area contributed by atoms with Crippen LogP contribution in [0, 0.1) is 6.92 Å².